The quantitative estimate of drug-likeness (QED) is 0.724. The smallest absolute Gasteiger partial charge is 0.130 e. The third-order valence-corrected chi connectivity index (χ3v) is 3.31. The predicted molar refractivity (Wildman–Crippen MR) is 58.9 cm³/mol. The molecule has 0 bridgehead atoms. The molecule has 0 radical (unpaired) electrons. The number of hydrogen-bond acceptors (Lipinski definition) is 1. The molecule has 2 atom stereocenters. The van der Waals surface area contributed by atoms with E-state index in [1.165, 1.54) is 6.07 Å². The first kappa shape index (κ1) is 11.2. The van der Waals surface area contributed by atoms with Crippen LogP contribution in [0.15, 0.2) is 18.2 Å². The van der Waals surface area contributed by atoms with Crippen LogP contribution in [0.2, 0.25) is 5.02 Å². The monoisotopic (exact) mass is 248 g/mol. The van der Waals surface area contributed by atoms with Crippen molar-refractivity contribution in [2.75, 3.05) is 12.5 Å². The maximum Gasteiger partial charge on any atom is 0.130 e. The van der Waals surface area contributed by atoms with Gasteiger partial charge < -0.3 is 4.74 Å². The standard InChI is InChI=1S/C11H11Cl2FO/c12-6-7-3-4-15-11(7)9-2-1-8(13)5-10(9)14/h1-2,5,7,11H,3-4,6H2. The van der Waals surface area contributed by atoms with E-state index in [2.05, 4.69) is 0 Å². The molecule has 2 rings (SSSR count). The Morgan fingerprint density at radius 1 is 1.47 bits per heavy atom. The zero-order chi connectivity index (χ0) is 10.8. The number of halogens is 3. The van der Waals surface area contributed by atoms with E-state index >= 15 is 0 Å². The molecule has 1 saturated heterocycles. The Morgan fingerprint density at radius 3 is 2.93 bits per heavy atom. The van der Waals surface area contributed by atoms with Gasteiger partial charge in [0.1, 0.15) is 5.82 Å². The highest BCUT2D eigenvalue weighted by Gasteiger charge is 2.30. The van der Waals surface area contributed by atoms with E-state index in [9.17, 15) is 4.39 Å². The minimum absolute atomic E-state index is 0.197. The summed E-state index contributed by atoms with van der Waals surface area (Å²) in [6.07, 6.45) is 0.663. The number of alkyl halides is 1. The van der Waals surface area contributed by atoms with Gasteiger partial charge in [0, 0.05) is 29.0 Å². The van der Waals surface area contributed by atoms with Crippen LogP contribution in [-0.2, 0) is 4.74 Å². The molecule has 1 heterocycles. The van der Waals surface area contributed by atoms with Crippen LogP contribution in [0.1, 0.15) is 18.1 Å². The highest BCUT2D eigenvalue weighted by Crippen LogP contribution is 2.36. The minimum Gasteiger partial charge on any atom is -0.373 e. The first-order chi connectivity index (χ1) is 7.22. The molecule has 2 unspecified atom stereocenters. The van der Waals surface area contributed by atoms with Gasteiger partial charge in [0.15, 0.2) is 0 Å². The Hall–Kier alpha value is -0.310. The maximum absolute atomic E-state index is 13.6. The Balaban J connectivity index is 2.28. The Labute approximate surface area is 98.1 Å². The second kappa shape index (κ2) is 4.69. The van der Waals surface area contributed by atoms with Crippen molar-refractivity contribution in [1.29, 1.82) is 0 Å². The summed E-state index contributed by atoms with van der Waals surface area (Å²) in [6.45, 7) is 0.643. The van der Waals surface area contributed by atoms with Crippen LogP contribution in [0.5, 0.6) is 0 Å². The van der Waals surface area contributed by atoms with Gasteiger partial charge in [-0.15, -0.1) is 11.6 Å². The van der Waals surface area contributed by atoms with Crippen LogP contribution in [0, 0.1) is 11.7 Å². The van der Waals surface area contributed by atoms with Crippen molar-refractivity contribution >= 4 is 23.2 Å². The summed E-state index contributed by atoms with van der Waals surface area (Å²) < 4.78 is 19.1. The Bertz CT molecular complexity index is 356. The molecule has 1 aromatic carbocycles. The van der Waals surface area contributed by atoms with E-state index in [1.54, 1.807) is 12.1 Å². The fourth-order valence-corrected chi connectivity index (χ4v) is 2.34. The van der Waals surface area contributed by atoms with Gasteiger partial charge in [0.05, 0.1) is 6.10 Å². The molecule has 0 amide bonds. The molecule has 1 nitrogen and oxygen atoms in total. The summed E-state index contributed by atoms with van der Waals surface area (Å²) in [5.41, 5.74) is 0.558. The molecule has 15 heavy (non-hydrogen) atoms. The molecule has 0 aliphatic carbocycles. The molecule has 0 N–H and O–H groups in total. The molecule has 82 valence electrons. The molecule has 0 aromatic heterocycles. The normalized spacial score (nSPS) is 25.8. The molecular weight excluding hydrogens is 238 g/mol. The van der Waals surface area contributed by atoms with Crippen LogP contribution in [0.25, 0.3) is 0 Å². The van der Waals surface area contributed by atoms with Gasteiger partial charge in [0.25, 0.3) is 0 Å². The van der Waals surface area contributed by atoms with E-state index in [1.807, 2.05) is 0 Å². The van der Waals surface area contributed by atoms with Gasteiger partial charge in [0.2, 0.25) is 0 Å². The lowest BCUT2D eigenvalue weighted by Gasteiger charge is -2.17. The predicted octanol–water partition coefficient (Wildman–Crippen LogP) is 3.80. The summed E-state index contributed by atoms with van der Waals surface area (Å²) in [5.74, 6) is 0.374. The molecule has 4 heteroatoms. The van der Waals surface area contributed by atoms with Crippen LogP contribution in [0.4, 0.5) is 4.39 Å². The van der Waals surface area contributed by atoms with Gasteiger partial charge in [-0.2, -0.15) is 0 Å². The van der Waals surface area contributed by atoms with Crippen LogP contribution in [0.3, 0.4) is 0 Å². The van der Waals surface area contributed by atoms with Crippen LogP contribution >= 0.6 is 23.2 Å². The van der Waals surface area contributed by atoms with Gasteiger partial charge in [-0.05, 0) is 18.6 Å². The first-order valence-electron chi connectivity index (χ1n) is 4.85. The Morgan fingerprint density at radius 2 is 2.27 bits per heavy atom. The van der Waals surface area contributed by atoms with Crippen LogP contribution < -0.4 is 0 Å². The average molecular weight is 249 g/mol. The third kappa shape index (κ3) is 2.27. The molecule has 1 aromatic rings. The molecule has 1 aliphatic heterocycles. The van der Waals surface area contributed by atoms with E-state index in [-0.39, 0.29) is 17.8 Å². The molecule has 0 spiro atoms. The second-order valence-corrected chi connectivity index (χ2v) is 4.41. The highest BCUT2D eigenvalue weighted by atomic mass is 35.5. The number of ether oxygens (including phenoxy) is 1. The topological polar surface area (TPSA) is 9.23 Å². The number of benzene rings is 1. The number of rotatable bonds is 2. The molecule has 0 saturated carbocycles. The Kier molecular flexibility index (Phi) is 3.49. The number of hydrogen-bond donors (Lipinski definition) is 0. The zero-order valence-electron chi connectivity index (χ0n) is 8.05. The third-order valence-electron chi connectivity index (χ3n) is 2.68. The van der Waals surface area contributed by atoms with Gasteiger partial charge >= 0.3 is 0 Å². The first-order valence-corrected chi connectivity index (χ1v) is 5.76. The maximum atomic E-state index is 13.6. The summed E-state index contributed by atoms with van der Waals surface area (Å²) in [4.78, 5) is 0. The largest absolute Gasteiger partial charge is 0.373 e. The van der Waals surface area contributed by atoms with E-state index in [0.717, 1.165) is 6.42 Å². The van der Waals surface area contributed by atoms with Crippen molar-refractivity contribution in [2.24, 2.45) is 5.92 Å². The van der Waals surface area contributed by atoms with Gasteiger partial charge in [-0.25, -0.2) is 4.39 Å². The SMILES string of the molecule is Fc1cc(Cl)ccc1C1OCCC1CCl. The van der Waals surface area contributed by atoms with Crippen molar-refractivity contribution in [2.45, 2.75) is 12.5 Å². The zero-order valence-corrected chi connectivity index (χ0v) is 9.56. The van der Waals surface area contributed by atoms with Crippen molar-refractivity contribution in [3.8, 4) is 0 Å². The summed E-state index contributed by atoms with van der Waals surface area (Å²) in [6, 6.07) is 4.66. The fourth-order valence-electron chi connectivity index (χ4n) is 1.87. The van der Waals surface area contributed by atoms with E-state index < -0.39 is 0 Å². The van der Waals surface area contributed by atoms with E-state index in [4.69, 9.17) is 27.9 Å². The average Bonchev–Trinajstić information content (AvgIpc) is 2.65. The lowest BCUT2D eigenvalue weighted by atomic mass is 9.97. The molecule has 1 fully saturated rings. The lowest BCUT2D eigenvalue weighted by molar-refractivity contribution is 0.0921. The molecular formula is C11H11Cl2FO. The van der Waals surface area contributed by atoms with Crippen LogP contribution in [-0.4, -0.2) is 12.5 Å². The van der Waals surface area contributed by atoms with Gasteiger partial charge in [-0.3, -0.25) is 0 Å². The van der Waals surface area contributed by atoms with Crippen molar-refractivity contribution in [1.82, 2.24) is 0 Å². The summed E-state index contributed by atoms with van der Waals surface area (Å²) in [5, 5.41) is 0.400. The minimum atomic E-state index is -0.315. The van der Waals surface area contributed by atoms with Crippen molar-refractivity contribution in [3.05, 3.63) is 34.6 Å². The fraction of sp³-hybridized carbons (Fsp3) is 0.455. The summed E-state index contributed by atoms with van der Waals surface area (Å²) >= 11 is 11.5. The molecule has 1 aliphatic rings. The van der Waals surface area contributed by atoms with Gasteiger partial charge in [-0.1, -0.05) is 17.7 Å². The lowest BCUT2D eigenvalue weighted by Crippen LogP contribution is -2.10. The van der Waals surface area contributed by atoms with Crippen molar-refractivity contribution < 1.29 is 9.13 Å². The highest BCUT2D eigenvalue weighted by molar-refractivity contribution is 6.30. The van der Waals surface area contributed by atoms with E-state index in [0.29, 0.717) is 23.1 Å². The van der Waals surface area contributed by atoms with Crippen molar-refractivity contribution in [3.63, 3.8) is 0 Å². The summed E-state index contributed by atoms with van der Waals surface area (Å²) in [7, 11) is 0. The second-order valence-electron chi connectivity index (χ2n) is 3.66.